The van der Waals surface area contributed by atoms with Crippen LogP contribution in [0.15, 0.2) is 36.1 Å². The summed E-state index contributed by atoms with van der Waals surface area (Å²) in [6, 6.07) is 0. The normalized spacial score (nSPS) is 30.6. The van der Waals surface area contributed by atoms with E-state index >= 15 is 0 Å². The summed E-state index contributed by atoms with van der Waals surface area (Å²) < 4.78 is 5.61. The van der Waals surface area contributed by atoms with Gasteiger partial charge in [0.1, 0.15) is 12.4 Å². The fraction of sp³-hybridized carbons (Fsp3) is 0.455. The standard InChI is InChI=1S/C11H14O/c1-8(2)7-12-11-5-3-4-9-6-10(9)11/h3-5,9-10H,1,6-7H2,2H3. The van der Waals surface area contributed by atoms with Crippen LogP contribution in [-0.2, 0) is 4.74 Å². The minimum atomic E-state index is 0.670. The Morgan fingerprint density at radius 2 is 2.58 bits per heavy atom. The molecule has 2 unspecified atom stereocenters. The Morgan fingerprint density at radius 3 is 3.33 bits per heavy atom. The molecule has 0 saturated heterocycles. The van der Waals surface area contributed by atoms with Crippen molar-refractivity contribution in [2.75, 3.05) is 6.61 Å². The third kappa shape index (κ3) is 1.45. The molecule has 64 valence electrons. The Balaban J connectivity index is 1.91. The molecule has 1 saturated carbocycles. The Bertz CT molecular complexity index is 260. The molecule has 2 rings (SSSR count). The van der Waals surface area contributed by atoms with E-state index in [1.807, 2.05) is 6.92 Å². The lowest BCUT2D eigenvalue weighted by Crippen LogP contribution is -2.00. The summed E-state index contributed by atoms with van der Waals surface area (Å²) >= 11 is 0. The number of hydrogen-bond donors (Lipinski definition) is 0. The minimum Gasteiger partial charge on any atom is -0.493 e. The molecular weight excluding hydrogens is 148 g/mol. The molecule has 0 radical (unpaired) electrons. The van der Waals surface area contributed by atoms with E-state index < -0.39 is 0 Å². The van der Waals surface area contributed by atoms with Crippen LogP contribution in [-0.4, -0.2) is 6.61 Å². The van der Waals surface area contributed by atoms with Crippen molar-refractivity contribution >= 4 is 0 Å². The van der Waals surface area contributed by atoms with Crippen molar-refractivity contribution in [2.24, 2.45) is 11.8 Å². The maximum Gasteiger partial charge on any atom is 0.108 e. The molecular formula is C11H14O. The third-order valence-corrected chi connectivity index (χ3v) is 2.31. The largest absolute Gasteiger partial charge is 0.493 e. The van der Waals surface area contributed by atoms with Crippen LogP contribution < -0.4 is 0 Å². The Kier molecular flexibility index (Phi) is 1.80. The van der Waals surface area contributed by atoms with Gasteiger partial charge in [-0.1, -0.05) is 18.7 Å². The van der Waals surface area contributed by atoms with Crippen LogP contribution in [0.3, 0.4) is 0 Å². The lowest BCUT2D eigenvalue weighted by molar-refractivity contribution is 0.220. The summed E-state index contributed by atoms with van der Waals surface area (Å²) in [7, 11) is 0. The molecule has 1 heteroatoms. The van der Waals surface area contributed by atoms with Crippen LogP contribution in [0.25, 0.3) is 0 Å². The van der Waals surface area contributed by atoms with Crippen LogP contribution in [0.4, 0.5) is 0 Å². The van der Waals surface area contributed by atoms with Gasteiger partial charge in [0.2, 0.25) is 0 Å². The molecule has 2 aliphatic carbocycles. The highest BCUT2D eigenvalue weighted by Gasteiger charge is 2.40. The van der Waals surface area contributed by atoms with E-state index in [0.29, 0.717) is 12.5 Å². The van der Waals surface area contributed by atoms with Crippen LogP contribution in [0.2, 0.25) is 0 Å². The maximum absolute atomic E-state index is 5.61. The number of ether oxygens (including phenoxy) is 1. The van der Waals surface area contributed by atoms with Crippen molar-refractivity contribution in [3.63, 3.8) is 0 Å². The molecule has 1 nitrogen and oxygen atoms in total. The van der Waals surface area contributed by atoms with Crippen molar-refractivity contribution in [3.8, 4) is 0 Å². The van der Waals surface area contributed by atoms with Crippen LogP contribution >= 0.6 is 0 Å². The summed E-state index contributed by atoms with van der Waals surface area (Å²) in [5.41, 5.74) is 1.09. The van der Waals surface area contributed by atoms with E-state index in [1.165, 1.54) is 6.42 Å². The molecule has 0 aromatic rings. The van der Waals surface area contributed by atoms with Gasteiger partial charge in [-0.25, -0.2) is 0 Å². The van der Waals surface area contributed by atoms with Crippen molar-refractivity contribution in [1.29, 1.82) is 0 Å². The second-order valence-corrected chi connectivity index (χ2v) is 3.71. The predicted octanol–water partition coefficient (Wildman–Crippen LogP) is 2.67. The van der Waals surface area contributed by atoms with E-state index in [2.05, 4.69) is 24.8 Å². The predicted molar refractivity (Wildman–Crippen MR) is 49.6 cm³/mol. The fourth-order valence-corrected chi connectivity index (χ4v) is 1.53. The maximum atomic E-state index is 5.61. The van der Waals surface area contributed by atoms with E-state index in [-0.39, 0.29) is 0 Å². The van der Waals surface area contributed by atoms with Gasteiger partial charge < -0.3 is 4.74 Å². The van der Waals surface area contributed by atoms with Crippen LogP contribution in [0, 0.1) is 11.8 Å². The first-order chi connectivity index (χ1) is 5.77. The summed E-state index contributed by atoms with van der Waals surface area (Å²) in [6.07, 6.45) is 7.72. The van der Waals surface area contributed by atoms with Crippen molar-refractivity contribution in [2.45, 2.75) is 13.3 Å². The van der Waals surface area contributed by atoms with Gasteiger partial charge in [0.05, 0.1) is 0 Å². The second kappa shape index (κ2) is 2.81. The van der Waals surface area contributed by atoms with E-state index in [1.54, 1.807) is 0 Å². The number of hydrogen-bond acceptors (Lipinski definition) is 1. The number of fused-ring (bicyclic) bond motifs is 1. The molecule has 2 aliphatic rings. The van der Waals surface area contributed by atoms with Gasteiger partial charge in [0.25, 0.3) is 0 Å². The first-order valence-electron chi connectivity index (χ1n) is 4.43. The summed E-state index contributed by atoms with van der Waals surface area (Å²) in [4.78, 5) is 0. The highest BCUT2D eigenvalue weighted by molar-refractivity contribution is 5.26. The van der Waals surface area contributed by atoms with Crippen molar-refractivity contribution < 1.29 is 4.74 Å². The van der Waals surface area contributed by atoms with Crippen molar-refractivity contribution in [3.05, 3.63) is 36.1 Å². The molecule has 2 atom stereocenters. The highest BCUT2D eigenvalue weighted by Crippen LogP contribution is 2.47. The Morgan fingerprint density at radius 1 is 1.75 bits per heavy atom. The molecule has 0 aliphatic heterocycles. The van der Waals surface area contributed by atoms with Gasteiger partial charge in [-0.3, -0.25) is 0 Å². The molecule has 0 aromatic carbocycles. The van der Waals surface area contributed by atoms with Crippen LogP contribution in [0.5, 0.6) is 0 Å². The smallest absolute Gasteiger partial charge is 0.108 e. The topological polar surface area (TPSA) is 9.23 Å². The quantitative estimate of drug-likeness (QED) is 0.580. The molecule has 0 spiro atoms. The molecule has 0 N–H and O–H groups in total. The molecule has 0 aromatic heterocycles. The van der Waals surface area contributed by atoms with E-state index in [9.17, 15) is 0 Å². The van der Waals surface area contributed by atoms with Crippen LogP contribution in [0.1, 0.15) is 13.3 Å². The van der Waals surface area contributed by atoms with Gasteiger partial charge in [0.15, 0.2) is 0 Å². The zero-order valence-electron chi connectivity index (χ0n) is 7.42. The zero-order chi connectivity index (χ0) is 8.55. The van der Waals surface area contributed by atoms with Gasteiger partial charge in [0, 0.05) is 5.92 Å². The summed E-state index contributed by atoms with van der Waals surface area (Å²) in [5, 5.41) is 0. The van der Waals surface area contributed by atoms with Gasteiger partial charge >= 0.3 is 0 Å². The zero-order valence-corrected chi connectivity index (χ0v) is 7.42. The van der Waals surface area contributed by atoms with Gasteiger partial charge in [-0.2, -0.15) is 0 Å². The lowest BCUT2D eigenvalue weighted by Gasteiger charge is -2.10. The monoisotopic (exact) mass is 162 g/mol. The average molecular weight is 162 g/mol. The highest BCUT2D eigenvalue weighted by atomic mass is 16.5. The molecule has 12 heavy (non-hydrogen) atoms. The number of allylic oxidation sites excluding steroid dienone is 4. The number of rotatable bonds is 3. The SMILES string of the molecule is C=C(C)COC1=CC=CC2CC12. The first kappa shape index (κ1) is 7.66. The minimum absolute atomic E-state index is 0.670. The summed E-state index contributed by atoms with van der Waals surface area (Å²) in [5.74, 6) is 2.62. The third-order valence-electron chi connectivity index (χ3n) is 2.31. The molecule has 0 bridgehead atoms. The van der Waals surface area contributed by atoms with E-state index in [4.69, 9.17) is 4.74 Å². The average Bonchev–Trinajstić information content (AvgIpc) is 2.78. The molecule has 1 fully saturated rings. The van der Waals surface area contributed by atoms with Gasteiger partial charge in [-0.15, -0.1) is 0 Å². The summed E-state index contributed by atoms with van der Waals surface area (Å²) in [6.45, 7) is 6.47. The fourth-order valence-electron chi connectivity index (χ4n) is 1.53. The van der Waals surface area contributed by atoms with Crippen molar-refractivity contribution in [1.82, 2.24) is 0 Å². The lowest BCUT2D eigenvalue weighted by atomic mass is 10.2. The Hall–Kier alpha value is -0.980. The molecule has 0 heterocycles. The van der Waals surface area contributed by atoms with Gasteiger partial charge in [-0.05, 0) is 30.9 Å². The Labute approximate surface area is 73.4 Å². The molecule has 0 amide bonds. The first-order valence-corrected chi connectivity index (χ1v) is 4.43. The second-order valence-electron chi connectivity index (χ2n) is 3.71. The van der Waals surface area contributed by atoms with E-state index in [0.717, 1.165) is 17.3 Å².